The fraction of sp³-hybridized carbons (Fsp3) is 0.562. The zero-order valence-corrected chi connectivity index (χ0v) is 14.4. The first kappa shape index (κ1) is 17.7. The Morgan fingerprint density at radius 1 is 1.30 bits per heavy atom. The maximum atomic E-state index is 12.2. The summed E-state index contributed by atoms with van der Waals surface area (Å²) in [6.45, 7) is 0.184. The average Bonchev–Trinajstić information content (AvgIpc) is 3.03. The van der Waals surface area contributed by atoms with Crippen LogP contribution >= 0.6 is 0 Å². The first-order valence-electron chi connectivity index (χ1n) is 7.77. The molecule has 1 saturated carbocycles. The Balaban J connectivity index is 1.96. The predicted molar refractivity (Wildman–Crippen MR) is 88.6 cm³/mol. The van der Waals surface area contributed by atoms with Gasteiger partial charge < -0.3 is 10.1 Å². The van der Waals surface area contributed by atoms with Crippen LogP contribution < -0.4 is 10.1 Å². The molecule has 1 fully saturated rings. The number of nitrogens with one attached hydrogen (secondary N) is 1. The molecule has 128 valence electrons. The molecule has 2 rings (SSSR count). The smallest absolute Gasteiger partial charge is 0.235 e. The number of para-hydroxylation sites is 1. The molecule has 23 heavy (non-hydrogen) atoms. The Labute approximate surface area is 137 Å². The zero-order chi connectivity index (χ0) is 16.9. The minimum absolute atomic E-state index is 0.0537. The molecule has 0 unspecified atom stereocenters. The highest BCUT2D eigenvalue weighted by Crippen LogP contribution is 2.25. The van der Waals surface area contributed by atoms with Crippen molar-refractivity contribution in [3.05, 3.63) is 29.8 Å². The van der Waals surface area contributed by atoms with E-state index < -0.39 is 10.0 Å². The minimum atomic E-state index is -3.39. The first-order chi connectivity index (χ1) is 10.9. The van der Waals surface area contributed by atoms with Crippen molar-refractivity contribution in [3.8, 4) is 5.75 Å². The summed E-state index contributed by atoms with van der Waals surface area (Å²) in [7, 11) is -1.82. The van der Waals surface area contributed by atoms with Crippen LogP contribution in [0.15, 0.2) is 24.3 Å². The summed E-state index contributed by atoms with van der Waals surface area (Å²) in [5, 5.41) is 2.77. The Hall–Kier alpha value is -1.60. The number of benzene rings is 1. The number of amides is 1. The van der Waals surface area contributed by atoms with Crippen LogP contribution in [0.2, 0.25) is 0 Å². The molecule has 1 N–H and O–H groups in total. The fourth-order valence-electron chi connectivity index (χ4n) is 2.95. The number of rotatable bonds is 7. The van der Waals surface area contributed by atoms with Crippen molar-refractivity contribution < 1.29 is 17.9 Å². The summed E-state index contributed by atoms with van der Waals surface area (Å²) in [6, 6.07) is 7.36. The van der Waals surface area contributed by atoms with Crippen LogP contribution in [0, 0.1) is 0 Å². The molecule has 0 aromatic heterocycles. The molecule has 1 amide bonds. The summed E-state index contributed by atoms with van der Waals surface area (Å²) in [4.78, 5) is 12.2. The van der Waals surface area contributed by atoms with Gasteiger partial charge in [-0.2, -0.15) is 4.31 Å². The molecule has 0 radical (unpaired) electrons. The topological polar surface area (TPSA) is 75.7 Å². The zero-order valence-electron chi connectivity index (χ0n) is 13.6. The summed E-state index contributed by atoms with van der Waals surface area (Å²) in [5.74, 6) is 0.400. The number of nitrogens with zero attached hydrogens (tertiary/aromatic N) is 1. The second-order valence-corrected chi connectivity index (χ2v) is 7.77. The van der Waals surface area contributed by atoms with E-state index >= 15 is 0 Å². The minimum Gasteiger partial charge on any atom is -0.496 e. The molecular formula is C16H24N2O4S. The van der Waals surface area contributed by atoms with E-state index in [-0.39, 0.29) is 18.5 Å². The Kier molecular flexibility index (Phi) is 6.01. The Bertz CT molecular complexity index is 639. The monoisotopic (exact) mass is 340 g/mol. The highest BCUT2D eigenvalue weighted by Gasteiger charge is 2.30. The quantitative estimate of drug-likeness (QED) is 0.816. The lowest BCUT2D eigenvalue weighted by Gasteiger charge is -2.25. The van der Waals surface area contributed by atoms with E-state index in [4.69, 9.17) is 4.74 Å². The molecule has 7 heteroatoms. The average molecular weight is 340 g/mol. The van der Waals surface area contributed by atoms with Gasteiger partial charge in [-0.3, -0.25) is 4.79 Å². The van der Waals surface area contributed by atoms with Gasteiger partial charge in [-0.15, -0.1) is 0 Å². The molecule has 0 bridgehead atoms. The summed E-state index contributed by atoms with van der Waals surface area (Å²) < 4.78 is 30.5. The van der Waals surface area contributed by atoms with Crippen LogP contribution in [0.4, 0.5) is 0 Å². The van der Waals surface area contributed by atoms with Gasteiger partial charge in [0.15, 0.2) is 0 Å². The van der Waals surface area contributed by atoms with Crippen molar-refractivity contribution in [2.24, 2.45) is 0 Å². The van der Waals surface area contributed by atoms with Crippen molar-refractivity contribution in [1.82, 2.24) is 9.62 Å². The van der Waals surface area contributed by atoms with Crippen LogP contribution in [0.1, 0.15) is 31.2 Å². The molecule has 0 spiro atoms. The molecule has 0 heterocycles. The third-order valence-corrected chi connectivity index (χ3v) is 5.41. The molecule has 6 nitrogen and oxygen atoms in total. The molecule has 1 aliphatic rings. The lowest BCUT2D eigenvalue weighted by atomic mass is 10.2. The van der Waals surface area contributed by atoms with E-state index in [1.165, 1.54) is 10.6 Å². The van der Waals surface area contributed by atoms with Gasteiger partial charge in [0.1, 0.15) is 5.75 Å². The maximum Gasteiger partial charge on any atom is 0.235 e. The van der Waals surface area contributed by atoms with E-state index in [1.54, 1.807) is 7.11 Å². The van der Waals surface area contributed by atoms with Gasteiger partial charge in [-0.05, 0) is 18.9 Å². The van der Waals surface area contributed by atoms with Crippen molar-refractivity contribution in [1.29, 1.82) is 0 Å². The number of hydrogen-bond acceptors (Lipinski definition) is 4. The molecule has 0 atom stereocenters. The summed E-state index contributed by atoms with van der Waals surface area (Å²) in [5.41, 5.74) is 0.857. The number of carbonyl (C=O) groups is 1. The number of methoxy groups -OCH3 is 1. The van der Waals surface area contributed by atoms with E-state index in [2.05, 4.69) is 5.32 Å². The highest BCUT2D eigenvalue weighted by molar-refractivity contribution is 7.88. The standard InChI is InChI=1S/C16H24N2O4S/c1-22-15-10-6-3-7-13(15)11-17-16(19)12-18(23(2,20)21)14-8-4-5-9-14/h3,6-7,10,14H,4-5,8-9,11-12H2,1-2H3,(H,17,19). The first-order valence-corrected chi connectivity index (χ1v) is 9.62. The van der Waals surface area contributed by atoms with Gasteiger partial charge >= 0.3 is 0 Å². The lowest BCUT2D eigenvalue weighted by molar-refractivity contribution is -0.121. The van der Waals surface area contributed by atoms with Crippen molar-refractivity contribution in [2.75, 3.05) is 19.9 Å². The second-order valence-electron chi connectivity index (χ2n) is 5.84. The van der Waals surface area contributed by atoms with Crippen LogP contribution in [-0.2, 0) is 21.4 Å². The van der Waals surface area contributed by atoms with Crippen LogP contribution in [0.5, 0.6) is 5.75 Å². The lowest BCUT2D eigenvalue weighted by Crippen LogP contribution is -2.44. The molecule has 1 aromatic carbocycles. The molecule has 1 aliphatic carbocycles. The molecule has 0 aliphatic heterocycles. The van der Waals surface area contributed by atoms with Gasteiger partial charge in [0.25, 0.3) is 0 Å². The van der Waals surface area contributed by atoms with Crippen molar-refractivity contribution >= 4 is 15.9 Å². The van der Waals surface area contributed by atoms with Gasteiger partial charge in [-0.1, -0.05) is 31.0 Å². The molecule has 1 aromatic rings. The largest absolute Gasteiger partial charge is 0.496 e. The van der Waals surface area contributed by atoms with Gasteiger partial charge in [0.05, 0.1) is 19.9 Å². The Morgan fingerprint density at radius 3 is 2.57 bits per heavy atom. The summed E-state index contributed by atoms with van der Waals surface area (Å²) >= 11 is 0. The summed E-state index contributed by atoms with van der Waals surface area (Å²) in [6.07, 6.45) is 4.84. The van der Waals surface area contributed by atoms with Gasteiger partial charge in [0.2, 0.25) is 15.9 Å². The van der Waals surface area contributed by atoms with Crippen LogP contribution in [-0.4, -0.2) is 44.6 Å². The second kappa shape index (κ2) is 7.79. The van der Waals surface area contributed by atoms with E-state index in [0.717, 1.165) is 31.2 Å². The van der Waals surface area contributed by atoms with Gasteiger partial charge in [0, 0.05) is 18.2 Å². The highest BCUT2D eigenvalue weighted by atomic mass is 32.2. The SMILES string of the molecule is COc1ccccc1CNC(=O)CN(C1CCCC1)S(C)(=O)=O. The number of ether oxygens (including phenoxy) is 1. The number of sulfonamides is 1. The number of carbonyl (C=O) groups excluding carboxylic acids is 1. The van der Waals surface area contributed by atoms with Crippen molar-refractivity contribution in [2.45, 2.75) is 38.3 Å². The maximum absolute atomic E-state index is 12.2. The molecule has 0 saturated heterocycles. The number of hydrogen-bond donors (Lipinski definition) is 1. The van der Waals surface area contributed by atoms with E-state index in [9.17, 15) is 13.2 Å². The fourth-order valence-corrected chi connectivity index (χ4v) is 4.05. The normalized spacial score (nSPS) is 15.8. The third kappa shape index (κ3) is 4.94. The van der Waals surface area contributed by atoms with Crippen LogP contribution in [0.25, 0.3) is 0 Å². The van der Waals surface area contributed by atoms with E-state index in [0.29, 0.717) is 12.3 Å². The molecular weight excluding hydrogens is 316 g/mol. The Morgan fingerprint density at radius 2 is 1.96 bits per heavy atom. The van der Waals surface area contributed by atoms with Crippen LogP contribution in [0.3, 0.4) is 0 Å². The van der Waals surface area contributed by atoms with E-state index in [1.807, 2.05) is 24.3 Å². The van der Waals surface area contributed by atoms with Crippen molar-refractivity contribution in [3.63, 3.8) is 0 Å². The third-order valence-electron chi connectivity index (χ3n) is 4.13. The van der Waals surface area contributed by atoms with Gasteiger partial charge in [-0.25, -0.2) is 8.42 Å². The predicted octanol–water partition coefficient (Wildman–Crippen LogP) is 1.52.